The molecule has 0 aliphatic carbocycles. The summed E-state index contributed by atoms with van der Waals surface area (Å²) in [6.07, 6.45) is 2.46. The molecule has 15 heavy (non-hydrogen) atoms. The first-order valence-corrected chi connectivity index (χ1v) is 5.59. The van der Waals surface area contributed by atoms with Crippen molar-refractivity contribution in [3.63, 3.8) is 0 Å². The van der Waals surface area contributed by atoms with Gasteiger partial charge in [0.2, 0.25) is 0 Å². The summed E-state index contributed by atoms with van der Waals surface area (Å²) in [7, 11) is 0. The minimum atomic E-state index is 0.199. The second-order valence-corrected chi connectivity index (χ2v) is 4.25. The van der Waals surface area contributed by atoms with Crippen molar-refractivity contribution >= 4 is 17.3 Å². The normalized spacial score (nSPS) is 20.5. The van der Waals surface area contributed by atoms with Crippen LogP contribution in [0.1, 0.15) is 12.8 Å². The number of phenolic OH excluding ortho intramolecular Hbond substituents is 1. The second-order valence-electron chi connectivity index (χ2n) is 3.84. The van der Waals surface area contributed by atoms with E-state index in [-0.39, 0.29) is 5.75 Å². The first kappa shape index (κ1) is 10.6. The van der Waals surface area contributed by atoms with Crippen LogP contribution in [-0.2, 0) is 0 Å². The summed E-state index contributed by atoms with van der Waals surface area (Å²) in [4.78, 5) is 0. The number of benzene rings is 1. The Bertz CT molecular complexity index is 337. The Labute approximate surface area is 94.4 Å². The molecule has 1 aromatic rings. The van der Waals surface area contributed by atoms with Crippen molar-refractivity contribution in [1.29, 1.82) is 0 Å². The fraction of sp³-hybridized carbons (Fsp3) is 0.455. The molecule has 4 heteroatoms. The zero-order valence-corrected chi connectivity index (χ0v) is 9.22. The highest BCUT2D eigenvalue weighted by molar-refractivity contribution is 6.33. The molecule has 3 nitrogen and oxygen atoms in total. The third-order valence-electron chi connectivity index (χ3n) is 2.65. The minimum Gasteiger partial charge on any atom is -0.508 e. The van der Waals surface area contributed by atoms with Gasteiger partial charge >= 0.3 is 0 Å². The number of hydrogen-bond acceptors (Lipinski definition) is 3. The number of rotatable bonds is 3. The van der Waals surface area contributed by atoms with Gasteiger partial charge in [0.05, 0.1) is 10.7 Å². The number of anilines is 1. The average Bonchev–Trinajstić information content (AvgIpc) is 2.69. The summed E-state index contributed by atoms with van der Waals surface area (Å²) in [5.74, 6) is 0.199. The van der Waals surface area contributed by atoms with E-state index in [1.165, 1.54) is 12.8 Å². The van der Waals surface area contributed by atoms with Gasteiger partial charge in [0.1, 0.15) is 5.75 Å². The van der Waals surface area contributed by atoms with Crippen molar-refractivity contribution < 1.29 is 5.11 Å². The predicted molar refractivity (Wildman–Crippen MR) is 62.6 cm³/mol. The minimum absolute atomic E-state index is 0.199. The van der Waals surface area contributed by atoms with Gasteiger partial charge in [0, 0.05) is 18.7 Å². The summed E-state index contributed by atoms with van der Waals surface area (Å²) >= 11 is 5.97. The molecular formula is C11H15ClN2O. The zero-order valence-electron chi connectivity index (χ0n) is 8.46. The fourth-order valence-corrected chi connectivity index (χ4v) is 2.05. The Balaban J connectivity index is 1.92. The Morgan fingerprint density at radius 2 is 2.40 bits per heavy atom. The fourth-order valence-electron chi connectivity index (χ4n) is 1.81. The van der Waals surface area contributed by atoms with E-state index in [1.807, 2.05) is 0 Å². The van der Waals surface area contributed by atoms with Crippen molar-refractivity contribution in [1.82, 2.24) is 5.32 Å². The maximum atomic E-state index is 9.19. The van der Waals surface area contributed by atoms with E-state index in [1.54, 1.807) is 18.2 Å². The number of phenols is 1. The van der Waals surface area contributed by atoms with Crippen LogP contribution >= 0.6 is 11.6 Å². The van der Waals surface area contributed by atoms with Crippen molar-refractivity contribution in [2.24, 2.45) is 0 Å². The SMILES string of the molecule is Oc1ccc(NCC2CCCN2)c(Cl)c1. The average molecular weight is 227 g/mol. The quantitative estimate of drug-likeness (QED) is 0.693. The predicted octanol–water partition coefficient (Wildman–Crippen LogP) is 2.21. The molecule has 0 aromatic heterocycles. The van der Waals surface area contributed by atoms with Crippen molar-refractivity contribution in [2.75, 3.05) is 18.4 Å². The molecule has 3 N–H and O–H groups in total. The monoisotopic (exact) mass is 226 g/mol. The molecule has 1 fully saturated rings. The Morgan fingerprint density at radius 1 is 1.53 bits per heavy atom. The maximum absolute atomic E-state index is 9.19. The summed E-state index contributed by atoms with van der Waals surface area (Å²) in [6.45, 7) is 1.99. The Hall–Kier alpha value is -0.930. The molecule has 0 amide bonds. The van der Waals surface area contributed by atoms with Gasteiger partial charge in [-0.3, -0.25) is 0 Å². The molecule has 1 unspecified atom stereocenters. The third kappa shape index (κ3) is 2.76. The summed E-state index contributed by atoms with van der Waals surface area (Å²) in [5, 5.41) is 16.4. The molecule has 0 radical (unpaired) electrons. The molecule has 1 atom stereocenters. The zero-order chi connectivity index (χ0) is 10.7. The number of hydrogen-bond donors (Lipinski definition) is 3. The molecule has 1 aliphatic heterocycles. The number of nitrogens with one attached hydrogen (secondary N) is 2. The van der Waals surface area contributed by atoms with Gasteiger partial charge in [-0.2, -0.15) is 0 Å². The molecule has 0 spiro atoms. The van der Waals surface area contributed by atoms with Gasteiger partial charge in [-0.1, -0.05) is 11.6 Å². The molecule has 0 bridgehead atoms. The van der Waals surface area contributed by atoms with Crippen LogP contribution in [-0.4, -0.2) is 24.2 Å². The van der Waals surface area contributed by atoms with E-state index >= 15 is 0 Å². The lowest BCUT2D eigenvalue weighted by molar-refractivity contribution is 0.475. The second kappa shape index (κ2) is 4.73. The highest BCUT2D eigenvalue weighted by Gasteiger charge is 2.13. The lowest BCUT2D eigenvalue weighted by Gasteiger charge is -2.13. The highest BCUT2D eigenvalue weighted by atomic mass is 35.5. The molecule has 1 saturated heterocycles. The smallest absolute Gasteiger partial charge is 0.117 e. The van der Waals surface area contributed by atoms with Crippen LogP contribution in [0.15, 0.2) is 18.2 Å². The van der Waals surface area contributed by atoms with E-state index in [0.29, 0.717) is 11.1 Å². The lowest BCUT2D eigenvalue weighted by Crippen LogP contribution is -2.29. The van der Waals surface area contributed by atoms with E-state index in [2.05, 4.69) is 10.6 Å². The molecule has 1 aromatic carbocycles. The van der Waals surface area contributed by atoms with Gasteiger partial charge in [-0.15, -0.1) is 0 Å². The summed E-state index contributed by atoms with van der Waals surface area (Å²) < 4.78 is 0. The van der Waals surface area contributed by atoms with Crippen LogP contribution in [0, 0.1) is 0 Å². The summed E-state index contributed by atoms with van der Waals surface area (Å²) in [5.41, 5.74) is 0.878. The van der Waals surface area contributed by atoms with Crippen molar-refractivity contribution in [3.8, 4) is 5.75 Å². The number of aromatic hydroxyl groups is 1. The van der Waals surface area contributed by atoms with E-state index in [4.69, 9.17) is 11.6 Å². The number of halogens is 1. The maximum Gasteiger partial charge on any atom is 0.117 e. The van der Waals surface area contributed by atoms with Crippen LogP contribution in [0.2, 0.25) is 5.02 Å². The molecule has 82 valence electrons. The highest BCUT2D eigenvalue weighted by Crippen LogP contribution is 2.26. The largest absolute Gasteiger partial charge is 0.508 e. The van der Waals surface area contributed by atoms with Gasteiger partial charge in [-0.25, -0.2) is 0 Å². The molecule has 1 heterocycles. The van der Waals surface area contributed by atoms with E-state index < -0.39 is 0 Å². The van der Waals surface area contributed by atoms with E-state index in [9.17, 15) is 5.11 Å². The summed E-state index contributed by atoms with van der Waals surface area (Å²) in [6, 6.07) is 5.52. The Kier molecular flexibility index (Phi) is 3.34. The van der Waals surface area contributed by atoms with Crippen molar-refractivity contribution in [2.45, 2.75) is 18.9 Å². The van der Waals surface area contributed by atoms with Crippen LogP contribution in [0.4, 0.5) is 5.69 Å². The van der Waals surface area contributed by atoms with Gasteiger partial charge < -0.3 is 15.7 Å². The van der Waals surface area contributed by atoms with Gasteiger partial charge in [0.25, 0.3) is 0 Å². The van der Waals surface area contributed by atoms with E-state index in [0.717, 1.165) is 18.8 Å². The Morgan fingerprint density at radius 3 is 3.07 bits per heavy atom. The first-order valence-electron chi connectivity index (χ1n) is 5.21. The molecule has 1 aliphatic rings. The van der Waals surface area contributed by atoms with Crippen molar-refractivity contribution in [3.05, 3.63) is 23.2 Å². The van der Waals surface area contributed by atoms with Crippen LogP contribution in [0.5, 0.6) is 5.75 Å². The molecular weight excluding hydrogens is 212 g/mol. The van der Waals surface area contributed by atoms with Crippen LogP contribution in [0.3, 0.4) is 0 Å². The topological polar surface area (TPSA) is 44.3 Å². The molecule has 2 rings (SSSR count). The van der Waals surface area contributed by atoms with Crippen LogP contribution in [0.25, 0.3) is 0 Å². The van der Waals surface area contributed by atoms with Gasteiger partial charge in [-0.05, 0) is 31.5 Å². The first-order chi connectivity index (χ1) is 7.25. The lowest BCUT2D eigenvalue weighted by atomic mass is 10.2. The molecule has 0 saturated carbocycles. The standard InChI is InChI=1S/C11H15ClN2O/c12-10-6-9(15)3-4-11(10)14-7-8-2-1-5-13-8/h3-4,6,8,13-15H,1-2,5,7H2. The van der Waals surface area contributed by atoms with Crippen LogP contribution < -0.4 is 10.6 Å². The van der Waals surface area contributed by atoms with Gasteiger partial charge in [0.15, 0.2) is 0 Å². The third-order valence-corrected chi connectivity index (χ3v) is 2.97.